The Morgan fingerprint density at radius 3 is 2.74 bits per heavy atom. The van der Waals surface area contributed by atoms with Crippen molar-refractivity contribution in [2.45, 2.75) is 24.4 Å². The molecule has 2 fully saturated rings. The molecular weight excluding hydrogens is 335 g/mol. The fourth-order valence-electron chi connectivity index (χ4n) is 2.61. The van der Waals surface area contributed by atoms with Gasteiger partial charge in [0.05, 0.1) is 12.0 Å². The Bertz CT molecular complexity index is 667. The van der Waals surface area contributed by atoms with Crippen molar-refractivity contribution in [1.29, 1.82) is 0 Å². The summed E-state index contributed by atoms with van der Waals surface area (Å²) in [5.41, 5.74) is 0.393. The number of tetrazole rings is 1. The molecule has 23 heavy (non-hydrogen) atoms. The number of carboxylic acid groups (broad SMARTS) is 1. The summed E-state index contributed by atoms with van der Waals surface area (Å²) in [7, 11) is 0. The molecule has 0 bridgehead atoms. The number of thioether (sulfide) groups is 1. The van der Waals surface area contributed by atoms with Crippen molar-refractivity contribution in [2.24, 2.45) is 0 Å². The van der Waals surface area contributed by atoms with Crippen LogP contribution in [0.2, 0.25) is 0 Å². The molecule has 12 heteroatoms. The van der Waals surface area contributed by atoms with Crippen molar-refractivity contribution in [3.8, 4) is 0 Å². The van der Waals surface area contributed by atoms with Gasteiger partial charge in [-0.05, 0) is 16.0 Å². The van der Waals surface area contributed by atoms with Crippen LogP contribution in [-0.4, -0.2) is 66.2 Å². The number of carbonyl (C=O) groups is 3. The van der Waals surface area contributed by atoms with Crippen molar-refractivity contribution in [3.63, 3.8) is 0 Å². The molecule has 0 aromatic carbocycles. The number of aliphatic carboxylic acids is 1. The topological polar surface area (TPSA) is 124 Å². The van der Waals surface area contributed by atoms with E-state index < -0.39 is 35.2 Å². The number of carboxylic acids is 1. The van der Waals surface area contributed by atoms with Gasteiger partial charge < -0.3 is 14.8 Å². The van der Waals surface area contributed by atoms with Gasteiger partial charge in [0.1, 0.15) is 5.37 Å². The monoisotopic (exact) mass is 346 g/mol. The van der Waals surface area contributed by atoms with E-state index in [2.05, 4.69) is 22.1 Å². The molecule has 0 saturated carbocycles. The van der Waals surface area contributed by atoms with E-state index in [1.807, 2.05) is 0 Å². The number of nitrogens with zero attached hydrogens (tertiary/aromatic N) is 6. The zero-order valence-corrected chi connectivity index (χ0v) is 15.3. The van der Waals surface area contributed by atoms with E-state index in [-0.39, 0.29) is 29.6 Å². The van der Waals surface area contributed by atoms with Gasteiger partial charge in [-0.2, -0.15) is 0 Å². The van der Waals surface area contributed by atoms with Crippen LogP contribution >= 0.6 is 11.8 Å². The van der Waals surface area contributed by atoms with Crippen molar-refractivity contribution in [1.82, 2.24) is 25.2 Å². The number of rotatable bonds is 3. The summed E-state index contributed by atoms with van der Waals surface area (Å²) in [6.07, 6.45) is 1.19. The van der Waals surface area contributed by atoms with E-state index in [1.165, 1.54) is 29.9 Å². The van der Waals surface area contributed by atoms with E-state index in [4.69, 9.17) is 0 Å². The molecule has 2 unspecified atom stereocenters. The Kier molecular flexibility index (Phi) is 5.14. The molecule has 3 rings (SSSR count). The number of fused-ring (bicyclic) bond motifs is 1. The predicted octanol–water partition coefficient (Wildman–Crippen LogP) is -5.88. The van der Waals surface area contributed by atoms with Gasteiger partial charge in [0.15, 0.2) is 12.4 Å². The molecule has 3 atom stereocenters. The van der Waals surface area contributed by atoms with Crippen molar-refractivity contribution < 1.29 is 49.0 Å². The average molecular weight is 346 g/mol. The van der Waals surface area contributed by atoms with Crippen LogP contribution in [0.5, 0.6) is 0 Å². The molecule has 0 N–H and O–H groups in total. The third-order valence-electron chi connectivity index (χ3n) is 3.52. The van der Waals surface area contributed by atoms with E-state index in [0.717, 1.165) is 9.80 Å². The summed E-state index contributed by atoms with van der Waals surface area (Å²) in [6, 6.07) is -2.03. The van der Waals surface area contributed by atoms with Crippen LogP contribution in [-0.2, 0) is 14.4 Å². The molecule has 2 amide bonds. The smallest absolute Gasteiger partial charge is 0.548 e. The van der Waals surface area contributed by atoms with Crippen LogP contribution in [0.4, 0.5) is 0 Å². The summed E-state index contributed by atoms with van der Waals surface area (Å²) < 4.78 is 0. The van der Waals surface area contributed by atoms with E-state index in [0.29, 0.717) is 11.3 Å². The van der Waals surface area contributed by atoms with Crippen LogP contribution in [0.3, 0.4) is 0 Å². The molecule has 1 aromatic rings. The third-order valence-corrected chi connectivity index (χ3v) is 4.89. The molecule has 2 saturated heterocycles. The van der Waals surface area contributed by atoms with E-state index in [9.17, 15) is 19.5 Å². The third kappa shape index (κ3) is 2.77. The van der Waals surface area contributed by atoms with Gasteiger partial charge in [-0.25, -0.2) is 5.01 Å². The number of β-lactam (4-membered cyclic amide) rings is 1. The second kappa shape index (κ2) is 6.59. The van der Waals surface area contributed by atoms with Crippen LogP contribution in [0.1, 0.15) is 6.92 Å². The van der Waals surface area contributed by atoms with Crippen LogP contribution in [0, 0.1) is 0 Å². The first-order chi connectivity index (χ1) is 10.4. The Morgan fingerprint density at radius 2 is 2.22 bits per heavy atom. The van der Waals surface area contributed by atoms with Gasteiger partial charge in [0, 0.05) is 12.7 Å². The molecule has 116 valence electrons. The minimum absolute atomic E-state index is 0. The van der Waals surface area contributed by atoms with Crippen LogP contribution < -0.4 is 39.7 Å². The van der Waals surface area contributed by atoms with Gasteiger partial charge >= 0.3 is 29.6 Å². The Balaban J connectivity index is 0.00000192. The number of hydrogen-bond donors (Lipinski definition) is 0. The van der Waals surface area contributed by atoms with Gasteiger partial charge in [-0.15, -0.1) is 21.7 Å². The minimum Gasteiger partial charge on any atom is -0.548 e. The zero-order valence-electron chi connectivity index (χ0n) is 12.4. The summed E-state index contributed by atoms with van der Waals surface area (Å²) >= 11 is 1.34. The van der Waals surface area contributed by atoms with Crippen LogP contribution in [0.15, 0.2) is 18.5 Å². The van der Waals surface area contributed by atoms with Gasteiger partial charge in [0.2, 0.25) is 5.91 Å². The van der Waals surface area contributed by atoms with E-state index in [1.54, 1.807) is 0 Å². The van der Waals surface area contributed by atoms with Crippen molar-refractivity contribution in [3.05, 3.63) is 18.5 Å². The normalized spacial score (nSPS) is 26.0. The standard InChI is InChI=1S/C11H12N6O4S.Na/c1-5-3-22-10-8(9(19)16(10)7(5)11(20)21)17(6(2)18)15-4-12-13-14-15;/h4,7-8,10H,1,3H2,2H3,(H,20,21);/q;+1/p-1/t7?,8?,10-;/m1./s1. The van der Waals surface area contributed by atoms with E-state index >= 15 is 0 Å². The zero-order chi connectivity index (χ0) is 16.0. The first-order valence-electron chi connectivity index (χ1n) is 6.29. The molecular formula is C11H11N6NaO4S. The van der Waals surface area contributed by atoms with Gasteiger partial charge in [-0.1, -0.05) is 6.58 Å². The fourth-order valence-corrected chi connectivity index (χ4v) is 3.96. The molecule has 1 aromatic heterocycles. The number of carbonyl (C=O) groups excluding carboxylic acids is 3. The summed E-state index contributed by atoms with van der Waals surface area (Å²) in [5.74, 6) is -1.94. The maximum absolute atomic E-state index is 12.4. The minimum atomic E-state index is -1.38. The molecule has 0 radical (unpaired) electrons. The Labute approximate surface area is 157 Å². The Hall–Kier alpha value is -1.43. The number of amides is 2. The molecule has 2 aliphatic rings. The molecule has 0 aliphatic carbocycles. The van der Waals surface area contributed by atoms with Crippen molar-refractivity contribution in [2.75, 3.05) is 10.8 Å². The molecule has 10 nitrogen and oxygen atoms in total. The van der Waals surface area contributed by atoms with Gasteiger partial charge in [-0.3, -0.25) is 9.59 Å². The Morgan fingerprint density at radius 1 is 1.52 bits per heavy atom. The summed E-state index contributed by atoms with van der Waals surface area (Å²) in [4.78, 5) is 37.8. The fraction of sp³-hybridized carbons (Fsp3) is 0.455. The summed E-state index contributed by atoms with van der Waals surface area (Å²) in [5, 5.41) is 22.3. The first kappa shape index (κ1) is 17.9. The molecule has 3 heterocycles. The predicted molar refractivity (Wildman–Crippen MR) is 71.5 cm³/mol. The molecule has 2 aliphatic heterocycles. The SMILES string of the molecule is C=C1CS[C@@H]2C(N(C(C)=O)n3cnnn3)C(=O)N2C1C(=O)[O-].[Na+]. The number of hydrogen-bond acceptors (Lipinski definition) is 8. The maximum atomic E-state index is 12.4. The average Bonchev–Trinajstić information content (AvgIpc) is 2.97. The summed E-state index contributed by atoms with van der Waals surface area (Å²) in [6.45, 7) is 4.95. The largest absolute Gasteiger partial charge is 1.00 e. The van der Waals surface area contributed by atoms with Crippen LogP contribution in [0.25, 0.3) is 0 Å². The number of aromatic nitrogens is 4. The van der Waals surface area contributed by atoms with Gasteiger partial charge in [0.25, 0.3) is 5.91 Å². The quantitative estimate of drug-likeness (QED) is 0.301. The second-order valence-electron chi connectivity index (χ2n) is 4.87. The molecule has 0 spiro atoms. The van der Waals surface area contributed by atoms with Crippen molar-refractivity contribution >= 4 is 29.5 Å². The second-order valence-corrected chi connectivity index (χ2v) is 5.97. The maximum Gasteiger partial charge on any atom is 1.00 e. The first-order valence-corrected chi connectivity index (χ1v) is 7.33.